The number of carbonyl (C=O) groups is 1. The van der Waals surface area contributed by atoms with Gasteiger partial charge in [0.05, 0.1) is 30.8 Å². The highest BCUT2D eigenvalue weighted by molar-refractivity contribution is 14.1. The van der Waals surface area contributed by atoms with Gasteiger partial charge in [-0.2, -0.15) is 11.3 Å². The van der Waals surface area contributed by atoms with Gasteiger partial charge in [0.1, 0.15) is 9.38 Å². The third kappa shape index (κ3) is 9.74. The van der Waals surface area contributed by atoms with Crippen LogP contribution < -0.4 is 31.2 Å². The van der Waals surface area contributed by atoms with Crippen LogP contribution in [-0.2, 0) is 0 Å². The number of thioether (sulfide) groups is 1. The van der Waals surface area contributed by atoms with Gasteiger partial charge in [-0.25, -0.2) is 14.8 Å². The van der Waals surface area contributed by atoms with Gasteiger partial charge in [0.2, 0.25) is 0 Å². The monoisotopic (exact) mass is 735 g/mol. The van der Waals surface area contributed by atoms with Crippen molar-refractivity contribution in [1.82, 2.24) is 10.2 Å². The van der Waals surface area contributed by atoms with E-state index in [-0.39, 0.29) is 6.03 Å². The summed E-state index contributed by atoms with van der Waals surface area (Å²) >= 11 is 5.15. The number of carbonyl (C=O) groups excluding carboxylic acids is 1. The molecule has 43 heavy (non-hydrogen) atoms. The molecule has 1 atom stereocenters. The van der Waals surface area contributed by atoms with Gasteiger partial charge < -0.3 is 30.7 Å². The van der Waals surface area contributed by atoms with Crippen molar-refractivity contribution in [2.75, 3.05) is 50.2 Å². The fourth-order valence-electron chi connectivity index (χ4n) is 4.61. The number of hydrogen-bond donors (Lipinski definition) is 4. The average molecular weight is 736 g/mol. The molecule has 2 aromatic rings. The molecule has 1 aliphatic heterocycles. The van der Waals surface area contributed by atoms with Crippen LogP contribution in [0.25, 0.3) is 0 Å². The van der Waals surface area contributed by atoms with Crippen LogP contribution in [0.4, 0.5) is 16.2 Å². The Morgan fingerprint density at radius 1 is 1.33 bits per heavy atom. The maximum atomic E-state index is 12.3. The Balaban J connectivity index is 1.43. The molecule has 2 heterocycles. The number of benzene rings is 1. The zero-order valence-electron chi connectivity index (χ0n) is 24.4. The third-order valence-corrected chi connectivity index (χ3v) is 9.05. The predicted molar refractivity (Wildman–Crippen MR) is 189 cm³/mol. The van der Waals surface area contributed by atoms with E-state index in [1.165, 1.54) is 49.0 Å². The van der Waals surface area contributed by atoms with Crippen LogP contribution in [-0.4, -0.2) is 65.1 Å². The highest BCUT2D eigenvalue weighted by Gasteiger charge is 2.26. The Bertz CT molecular complexity index is 1390. The molecule has 1 aromatic heterocycles. The van der Waals surface area contributed by atoms with Crippen LogP contribution in [0.1, 0.15) is 31.2 Å². The van der Waals surface area contributed by atoms with Crippen LogP contribution in [0.2, 0.25) is 0 Å². The number of rotatable bonds is 12. The summed E-state index contributed by atoms with van der Waals surface area (Å²) < 4.78 is 11.2. The molecule has 4 rings (SSSR count). The Labute approximate surface area is 275 Å². The summed E-state index contributed by atoms with van der Waals surface area (Å²) in [4.78, 5) is 24.3. The lowest BCUT2D eigenvalue weighted by Crippen LogP contribution is -2.32. The second kappa shape index (κ2) is 16.2. The van der Waals surface area contributed by atoms with Crippen molar-refractivity contribution in [1.29, 1.82) is 0 Å². The Hall–Kier alpha value is -3.01. The van der Waals surface area contributed by atoms with E-state index in [0.29, 0.717) is 41.1 Å². The fraction of sp³-hybridized carbons (Fsp3) is 0.367. The molecule has 5 N–H and O–H groups in total. The summed E-state index contributed by atoms with van der Waals surface area (Å²) in [7, 11) is 1.62. The number of urea groups is 1. The van der Waals surface area contributed by atoms with Gasteiger partial charge in [0, 0.05) is 30.0 Å². The van der Waals surface area contributed by atoms with E-state index >= 15 is 0 Å². The molecule has 10 nitrogen and oxygen atoms in total. The van der Waals surface area contributed by atoms with Gasteiger partial charge in [-0.1, -0.05) is 24.4 Å². The summed E-state index contributed by atoms with van der Waals surface area (Å²) in [6.45, 7) is 7.79. The first-order chi connectivity index (χ1) is 20.8. The zero-order valence-corrected chi connectivity index (χ0v) is 28.2. The van der Waals surface area contributed by atoms with Crippen LogP contribution in [0, 0.1) is 0 Å². The van der Waals surface area contributed by atoms with Crippen LogP contribution >= 0.6 is 45.7 Å². The quantitative estimate of drug-likeness (QED) is 0.0497. The topological polar surface area (TPSA) is 126 Å². The van der Waals surface area contributed by atoms with E-state index in [0.717, 1.165) is 30.0 Å². The normalized spacial score (nSPS) is 19.1. The van der Waals surface area contributed by atoms with Crippen molar-refractivity contribution < 1.29 is 14.3 Å². The first-order valence-corrected chi connectivity index (χ1v) is 17.2. The second-order valence-electron chi connectivity index (χ2n) is 9.84. The van der Waals surface area contributed by atoms with Crippen molar-refractivity contribution >= 4 is 74.1 Å². The molecule has 1 aliphatic carbocycles. The summed E-state index contributed by atoms with van der Waals surface area (Å²) in [5.74, 6) is 1.57. The van der Waals surface area contributed by atoms with E-state index < -0.39 is 3.55 Å². The molecule has 1 fully saturated rings. The average Bonchev–Trinajstić information content (AvgIpc) is 3.71. The number of nitrogens with two attached hydrogens (primary N) is 1. The molecule has 0 bridgehead atoms. The number of amides is 2. The minimum absolute atomic E-state index is 0.342. The molecule has 13 heteroatoms. The van der Waals surface area contributed by atoms with Crippen LogP contribution in [0.15, 0.2) is 75.6 Å². The molecule has 0 saturated carbocycles. The summed E-state index contributed by atoms with van der Waals surface area (Å²) in [5, 5.41) is 13.0. The summed E-state index contributed by atoms with van der Waals surface area (Å²) in [6.07, 6.45) is 13.3. The van der Waals surface area contributed by atoms with Gasteiger partial charge >= 0.3 is 6.03 Å². The van der Waals surface area contributed by atoms with Gasteiger partial charge in [-0.05, 0) is 97.1 Å². The summed E-state index contributed by atoms with van der Waals surface area (Å²) in [5.41, 5.74) is 9.46. The molecule has 1 aromatic carbocycles. The number of halogens is 1. The number of thiophene rings is 1. The lowest BCUT2D eigenvalue weighted by Gasteiger charge is -2.23. The number of nitrogens with zero attached hydrogens (tertiary/aromatic N) is 3. The number of alkyl halides is 1. The number of likely N-dealkylation sites (tertiary alicyclic amines) is 1. The van der Waals surface area contributed by atoms with Gasteiger partial charge in [0.25, 0.3) is 0 Å². The van der Waals surface area contributed by atoms with E-state index in [1.54, 1.807) is 13.3 Å². The predicted octanol–water partition coefficient (Wildman–Crippen LogP) is 6.40. The number of methoxy groups -OCH3 is 1. The molecule has 0 radical (unpaired) electrons. The Kier molecular flexibility index (Phi) is 12.4. The van der Waals surface area contributed by atoms with Gasteiger partial charge in [-0.15, -0.1) is 0 Å². The van der Waals surface area contributed by atoms with E-state index in [2.05, 4.69) is 55.0 Å². The maximum Gasteiger partial charge on any atom is 0.325 e. The minimum Gasteiger partial charge on any atom is -0.493 e. The number of aliphatic imine (C=N–C) groups is 2. The SMILES string of the molecule is C=CNc1cc(OCCCN2CCCC2)c(OC)cc1C(N)=NC1(I)C=CC(N=C(NC(=O)Nc2ccsc2)SC)=CC1. The van der Waals surface area contributed by atoms with Gasteiger partial charge in [0.15, 0.2) is 16.7 Å². The van der Waals surface area contributed by atoms with E-state index in [4.69, 9.17) is 20.2 Å². The maximum absolute atomic E-state index is 12.3. The molecule has 1 unspecified atom stereocenters. The van der Waals surface area contributed by atoms with E-state index in [9.17, 15) is 4.79 Å². The molecule has 0 spiro atoms. The first kappa shape index (κ1) is 32.9. The molecule has 2 amide bonds. The number of hydrogen-bond acceptors (Lipinski definition) is 9. The van der Waals surface area contributed by atoms with Crippen molar-refractivity contribution in [3.63, 3.8) is 0 Å². The van der Waals surface area contributed by atoms with Crippen molar-refractivity contribution in [2.45, 2.75) is 29.2 Å². The van der Waals surface area contributed by atoms with Gasteiger partial charge in [-0.3, -0.25) is 5.32 Å². The van der Waals surface area contributed by atoms with Crippen LogP contribution in [0.3, 0.4) is 0 Å². The molecule has 2 aliphatic rings. The molecular weight excluding hydrogens is 697 g/mol. The number of allylic oxidation sites excluding steroid dienone is 1. The minimum atomic E-state index is -0.617. The molecule has 1 saturated heterocycles. The third-order valence-electron chi connectivity index (χ3n) is 6.75. The largest absolute Gasteiger partial charge is 0.493 e. The summed E-state index contributed by atoms with van der Waals surface area (Å²) in [6, 6.07) is 5.22. The number of amidine groups is 2. The Morgan fingerprint density at radius 3 is 2.79 bits per heavy atom. The smallest absolute Gasteiger partial charge is 0.325 e. The standard InChI is InChI=1S/C30H38IN7O3S2/c1-4-33-24-19-26(41-16-7-15-38-13-5-6-14-38)25(40-2)18-23(24)27(32)37-30(31)11-8-21(9-12-30)35-29(42-3)36-28(39)34-22-10-17-43-20-22/h4,8-11,17-20,33H,1,5-7,12-16H2,2-3H3,(H2,32,37)(H2,34,35,36,39). The van der Waals surface area contributed by atoms with Crippen molar-refractivity contribution in [3.8, 4) is 11.5 Å². The van der Waals surface area contributed by atoms with Crippen molar-refractivity contribution in [3.05, 3.63) is 71.2 Å². The molecular formula is C30H38IN7O3S2. The number of ether oxygens (including phenoxy) is 2. The highest BCUT2D eigenvalue weighted by atomic mass is 127. The second-order valence-corrected chi connectivity index (χ2v) is 13.3. The zero-order chi connectivity index (χ0) is 30.7. The highest BCUT2D eigenvalue weighted by Crippen LogP contribution is 2.36. The van der Waals surface area contributed by atoms with Crippen LogP contribution in [0.5, 0.6) is 11.5 Å². The lowest BCUT2D eigenvalue weighted by atomic mass is 10.1. The first-order valence-electron chi connectivity index (χ1n) is 13.9. The Morgan fingerprint density at radius 2 is 2.14 bits per heavy atom. The van der Waals surface area contributed by atoms with Crippen molar-refractivity contribution in [2.24, 2.45) is 15.7 Å². The number of anilines is 2. The number of nitrogens with one attached hydrogen (secondary N) is 3. The van der Waals surface area contributed by atoms with E-state index in [1.807, 2.05) is 53.4 Å². The fourth-order valence-corrected chi connectivity index (χ4v) is 6.25. The lowest BCUT2D eigenvalue weighted by molar-refractivity contribution is 0.254. The molecule has 230 valence electrons.